The predicted octanol–water partition coefficient (Wildman–Crippen LogP) is 3.39. The molecule has 1 aromatic heterocycles. The molecular formula is C28H29N2O8S2+. The lowest BCUT2D eigenvalue weighted by Gasteiger charge is -2.15. The number of pyridine rings is 1. The molecule has 10 nitrogen and oxygen atoms in total. The normalized spacial score (nSPS) is 12.1. The van der Waals surface area contributed by atoms with E-state index in [4.69, 9.17) is 5.11 Å². The van der Waals surface area contributed by atoms with Crippen LogP contribution in [0, 0.1) is 6.92 Å². The molecule has 3 N–H and O–H groups in total. The van der Waals surface area contributed by atoms with Crippen molar-refractivity contribution in [3.05, 3.63) is 83.4 Å². The van der Waals surface area contributed by atoms with Crippen LogP contribution < -0.4 is 9.29 Å². The predicted molar refractivity (Wildman–Crippen MR) is 149 cm³/mol. The van der Waals surface area contributed by atoms with E-state index in [0.29, 0.717) is 27.4 Å². The van der Waals surface area contributed by atoms with Crippen LogP contribution in [0.1, 0.15) is 40.7 Å². The van der Waals surface area contributed by atoms with E-state index in [1.807, 2.05) is 4.57 Å². The standard InChI is InChI=1S/C28H28N2O8S2/c1-19-14-15-25(20(18-19)8-6-13-26(31)32)40(37,38)29-28(33)27-21-9-2-4-11-23(21)30(16-7-17-39(34,35)36)24-12-5-3-10-22(24)27/h2-5,9-12,14-15,18H,6-8,13,16-17H2,1H3,(H2-,29,31,32,33,34,35,36)/p+1. The second-order valence-corrected chi connectivity index (χ2v) is 12.7. The molecule has 210 valence electrons. The summed E-state index contributed by atoms with van der Waals surface area (Å²) in [4.78, 5) is 24.6. The van der Waals surface area contributed by atoms with Crippen LogP contribution >= 0.6 is 0 Å². The van der Waals surface area contributed by atoms with Gasteiger partial charge in [-0.05, 0) is 43.5 Å². The van der Waals surface area contributed by atoms with Crippen LogP contribution in [0.25, 0.3) is 21.8 Å². The first kappa shape index (κ1) is 29.1. The fourth-order valence-corrected chi connectivity index (χ4v) is 6.53. The number of para-hydroxylation sites is 2. The number of fused-ring (bicyclic) bond motifs is 2. The third-order valence-corrected chi connectivity index (χ3v) is 8.74. The molecule has 0 aliphatic carbocycles. The van der Waals surface area contributed by atoms with E-state index in [2.05, 4.69) is 4.72 Å². The smallest absolute Gasteiger partial charge is 0.303 e. The number of sulfonamides is 1. The highest BCUT2D eigenvalue weighted by Crippen LogP contribution is 2.26. The van der Waals surface area contributed by atoms with Crippen molar-refractivity contribution in [2.24, 2.45) is 0 Å². The number of amides is 1. The first-order chi connectivity index (χ1) is 18.9. The molecule has 0 saturated carbocycles. The average molecular weight is 586 g/mol. The van der Waals surface area contributed by atoms with Crippen LogP contribution in [0.15, 0.2) is 71.6 Å². The molecule has 3 aromatic carbocycles. The van der Waals surface area contributed by atoms with E-state index in [9.17, 15) is 31.0 Å². The summed E-state index contributed by atoms with van der Waals surface area (Å²) in [5.74, 6) is -2.26. The molecule has 0 fully saturated rings. The third-order valence-electron chi connectivity index (χ3n) is 6.51. The van der Waals surface area contributed by atoms with Crippen LogP contribution in [-0.4, -0.2) is 44.1 Å². The zero-order chi connectivity index (χ0) is 29.1. The van der Waals surface area contributed by atoms with Gasteiger partial charge in [-0.1, -0.05) is 42.0 Å². The third kappa shape index (κ3) is 6.64. The monoisotopic (exact) mass is 585 g/mol. The van der Waals surface area contributed by atoms with Gasteiger partial charge in [0.2, 0.25) is 11.0 Å². The number of aromatic nitrogens is 1. The summed E-state index contributed by atoms with van der Waals surface area (Å²) >= 11 is 0. The Hall–Kier alpha value is -3.87. The number of aryl methyl sites for hydroxylation is 3. The molecule has 0 unspecified atom stereocenters. The number of aliphatic carboxylic acids is 1. The van der Waals surface area contributed by atoms with Gasteiger partial charge in [0.05, 0.1) is 27.0 Å². The largest absolute Gasteiger partial charge is 0.481 e. The van der Waals surface area contributed by atoms with Crippen LogP contribution in [0.4, 0.5) is 0 Å². The number of benzene rings is 3. The van der Waals surface area contributed by atoms with Crippen LogP contribution in [-0.2, 0) is 37.9 Å². The average Bonchev–Trinajstić information content (AvgIpc) is 2.87. The summed E-state index contributed by atoms with van der Waals surface area (Å²) in [6.07, 6.45) is 0.446. The SMILES string of the molecule is Cc1ccc(S(=O)(=O)NC(=O)c2c3ccccc3[n+](CCCS(=O)(=O)O)c3ccccc23)c(CCCC(=O)O)c1. The van der Waals surface area contributed by atoms with E-state index >= 15 is 0 Å². The second kappa shape index (κ2) is 11.7. The van der Waals surface area contributed by atoms with Crippen molar-refractivity contribution >= 4 is 53.8 Å². The number of rotatable bonds is 11. The van der Waals surface area contributed by atoms with Gasteiger partial charge in [0, 0.05) is 25.0 Å². The van der Waals surface area contributed by atoms with E-state index in [0.717, 1.165) is 5.56 Å². The first-order valence-electron chi connectivity index (χ1n) is 12.5. The van der Waals surface area contributed by atoms with Crippen molar-refractivity contribution in [2.75, 3.05) is 5.75 Å². The summed E-state index contributed by atoms with van der Waals surface area (Å²) in [7, 11) is -8.49. The van der Waals surface area contributed by atoms with Crippen molar-refractivity contribution < 1.29 is 40.7 Å². The first-order valence-corrected chi connectivity index (χ1v) is 15.6. The van der Waals surface area contributed by atoms with Gasteiger partial charge in [-0.25, -0.2) is 13.1 Å². The number of carbonyl (C=O) groups is 2. The minimum atomic E-state index is -4.33. The summed E-state index contributed by atoms with van der Waals surface area (Å²) in [5, 5.41) is 9.91. The van der Waals surface area contributed by atoms with Crippen molar-refractivity contribution in [2.45, 2.75) is 44.0 Å². The van der Waals surface area contributed by atoms with E-state index in [-0.39, 0.29) is 42.7 Å². The number of carboxylic acids is 1. The highest BCUT2D eigenvalue weighted by atomic mass is 32.2. The van der Waals surface area contributed by atoms with E-state index in [1.54, 1.807) is 67.6 Å². The molecule has 4 aromatic rings. The van der Waals surface area contributed by atoms with Gasteiger partial charge >= 0.3 is 5.97 Å². The van der Waals surface area contributed by atoms with Crippen LogP contribution in [0.5, 0.6) is 0 Å². The van der Waals surface area contributed by atoms with Gasteiger partial charge in [0.1, 0.15) is 0 Å². The molecule has 0 radical (unpaired) electrons. The van der Waals surface area contributed by atoms with Crippen molar-refractivity contribution in [1.29, 1.82) is 0 Å². The number of carboxylic acid groups (broad SMARTS) is 1. The molecule has 1 amide bonds. The minimum absolute atomic E-state index is 0.0957. The Bertz CT molecular complexity index is 1780. The van der Waals surface area contributed by atoms with E-state index in [1.165, 1.54) is 6.07 Å². The second-order valence-electron chi connectivity index (χ2n) is 9.49. The molecular weight excluding hydrogens is 556 g/mol. The Labute approximate surface area is 232 Å². The lowest BCUT2D eigenvalue weighted by Crippen LogP contribution is -2.38. The Balaban J connectivity index is 1.77. The van der Waals surface area contributed by atoms with Crippen LogP contribution in [0.2, 0.25) is 0 Å². The molecule has 40 heavy (non-hydrogen) atoms. The van der Waals surface area contributed by atoms with Gasteiger partial charge in [-0.15, -0.1) is 0 Å². The molecule has 0 bridgehead atoms. The fourth-order valence-electron chi connectivity index (χ4n) is 4.83. The molecule has 12 heteroatoms. The number of hydrogen-bond donors (Lipinski definition) is 3. The summed E-state index contributed by atoms with van der Waals surface area (Å²) < 4.78 is 62.8. The molecule has 4 rings (SSSR count). The van der Waals surface area contributed by atoms with Crippen molar-refractivity contribution in [1.82, 2.24) is 4.72 Å². The van der Waals surface area contributed by atoms with Gasteiger partial charge in [-0.3, -0.25) is 14.1 Å². The fraction of sp³-hybridized carbons (Fsp3) is 0.250. The van der Waals surface area contributed by atoms with Crippen molar-refractivity contribution in [3.8, 4) is 0 Å². The molecule has 0 atom stereocenters. The molecule has 0 aliphatic rings. The van der Waals surface area contributed by atoms with Gasteiger partial charge in [-0.2, -0.15) is 13.0 Å². The van der Waals surface area contributed by atoms with E-state index < -0.39 is 37.8 Å². The van der Waals surface area contributed by atoms with Crippen molar-refractivity contribution in [3.63, 3.8) is 0 Å². The summed E-state index contributed by atoms with van der Waals surface area (Å²) in [6, 6.07) is 18.5. The number of nitrogens with one attached hydrogen (secondary N) is 1. The highest BCUT2D eigenvalue weighted by molar-refractivity contribution is 7.90. The summed E-state index contributed by atoms with van der Waals surface area (Å²) in [6.45, 7) is 2.02. The Morgan fingerprint density at radius 2 is 1.48 bits per heavy atom. The Morgan fingerprint density at radius 1 is 0.875 bits per heavy atom. The number of carbonyl (C=O) groups excluding carboxylic acids is 1. The molecule has 0 spiro atoms. The van der Waals surface area contributed by atoms with Gasteiger partial charge in [0.25, 0.3) is 26.0 Å². The lowest BCUT2D eigenvalue weighted by atomic mass is 10.0. The maximum absolute atomic E-state index is 13.7. The van der Waals surface area contributed by atoms with Gasteiger partial charge in [0.15, 0.2) is 6.54 Å². The zero-order valence-electron chi connectivity index (χ0n) is 21.7. The van der Waals surface area contributed by atoms with Gasteiger partial charge < -0.3 is 5.11 Å². The zero-order valence-corrected chi connectivity index (χ0v) is 23.3. The van der Waals surface area contributed by atoms with Crippen LogP contribution in [0.3, 0.4) is 0 Å². The number of hydrogen-bond acceptors (Lipinski definition) is 6. The molecule has 0 saturated heterocycles. The maximum atomic E-state index is 13.7. The quantitative estimate of drug-likeness (QED) is 0.137. The minimum Gasteiger partial charge on any atom is -0.481 e. The maximum Gasteiger partial charge on any atom is 0.303 e. The number of nitrogens with zero attached hydrogens (tertiary/aromatic N) is 1. The molecule has 0 aliphatic heterocycles. The Morgan fingerprint density at radius 3 is 2.05 bits per heavy atom. The highest BCUT2D eigenvalue weighted by Gasteiger charge is 2.28. The summed E-state index contributed by atoms with van der Waals surface area (Å²) in [5.41, 5.74) is 2.53. The molecule has 1 heterocycles. The Kier molecular flexibility index (Phi) is 8.52. The lowest BCUT2D eigenvalue weighted by molar-refractivity contribution is -0.645. The topological polar surface area (TPSA) is 159 Å².